The van der Waals surface area contributed by atoms with Gasteiger partial charge < -0.3 is 15.1 Å². The molecule has 2 aromatic heterocycles. The number of nitrogens with one attached hydrogen (secondary N) is 2. The van der Waals surface area contributed by atoms with Crippen LogP contribution in [0.15, 0.2) is 59.0 Å². The number of carbonyl (C=O) groups is 2. The lowest BCUT2D eigenvalue weighted by molar-refractivity contribution is -0.182. The summed E-state index contributed by atoms with van der Waals surface area (Å²) in [5, 5.41) is 4.50. The van der Waals surface area contributed by atoms with Gasteiger partial charge in [-0.3, -0.25) is 9.59 Å². The van der Waals surface area contributed by atoms with Gasteiger partial charge in [-0.25, -0.2) is 9.37 Å². The first-order valence-electron chi connectivity index (χ1n) is 12.5. The fourth-order valence-corrected chi connectivity index (χ4v) is 4.17. The molecule has 6 nitrogen and oxygen atoms in total. The molecule has 0 spiro atoms. The van der Waals surface area contributed by atoms with Crippen LogP contribution in [0.1, 0.15) is 46.7 Å². The Balaban J connectivity index is 1.90. The number of fused-ring (bicyclic) bond motifs is 1. The van der Waals surface area contributed by atoms with Crippen LogP contribution in [0.4, 0.5) is 30.7 Å². The van der Waals surface area contributed by atoms with E-state index in [-0.39, 0.29) is 44.8 Å². The van der Waals surface area contributed by atoms with E-state index in [2.05, 4.69) is 10.3 Å². The monoisotopic (exact) mass is 595 g/mol. The Morgan fingerprint density at radius 1 is 0.905 bits per heavy atom. The lowest BCUT2D eigenvalue weighted by Crippen LogP contribution is -2.54. The second kappa shape index (κ2) is 11.1. The summed E-state index contributed by atoms with van der Waals surface area (Å²) in [5.41, 5.74) is -2.43. The molecule has 0 aliphatic heterocycles. The molecule has 0 aliphatic carbocycles. The Morgan fingerprint density at radius 3 is 2.17 bits per heavy atom. The summed E-state index contributed by atoms with van der Waals surface area (Å²) in [7, 11) is 1.35. The molecule has 0 bridgehead atoms. The van der Waals surface area contributed by atoms with Gasteiger partial charge in [-0.15, -0.1) is 0 Å². The summed E-state index contributed by atoms with van der Waals surface area (Å²) >= 11 is 0. The molecule has 4 aromatic rings. The second-order valence-corrected chi connectivity index (χ2v) is 10.0. The molecule has 0 saturated carbocycles. The maximum Gasteiger partial charge on any atom is 0.410 e. The molecule has 2 N–H and O–H groups in total. The number of rotatable bonds is 7. The zero-order valence-corrected chi connectivity index (χ0v) is 22.4. The highest BCUT2D eigenvalue weighted by Crippen LogP contribution is 2.38. The van der Waals surface area contributed by atoms with E-state index in [9.17, 15) is 40.3 Å². The molecule has 222 valence electrons. The Hall–Kier alpha value is -4.42. The quantitative estimate of drug-likeness (QED) is 0.221. The second-order valence-electron chi connectivity index (χ2n) is 10.0. The normalized spacial score (nSPS) is 12.4. The standard InChI is InChI=1S/C29H24F7N3O3/c1-27(2,29(34,35)36)39-24(40)17-6-4-5-16(13-17)19-14-20-22(25(41)37-3)23(15-7-9-18(30)10-8-15)42-26(20)38-21(19)11-12-28(31,32)33/h4-10,13-14H,11-12H2,1-3H3,(H,37,41)(H,39,40). The molecule has 2 heterocycles. The number of benzene rings is 2. The number of furan rings is 1. The van der Waals surface area contributed by atoms with Crippen molar-refractivity contribution in [3.05, 3.63) is 77.2 Å². The number of amides is 2. The number of halogens is 7. The molecule has 0 saturated heterocycles. The van der Waals surface area contributed by atoms with Crippen molar-refractivity contribution in [2.75, 3.05) is 7.05 Å². The smallest absolute Gasteiger partial charge is 0.410 e. The highest BCUT2D eigenvalue weighted by Gasteiger charge is 2.48. The topological polar surface area (TPSA) is 84.2 Å². The Kier molecular flexibility index (Phi) is 8.07. The lowest BCUT2D eigenvalue weighted by atomic mass is 9.96. The average molecular weight is 596 g/mol. The van der Waals surface area contributed by atoms with Crippen LogP contribution in [0, 0.1) is 5.82 Å². The van der Waals surface area contributed by atoms with E-state index >= 15 is 0 Å². The van der Waals surface area contributed by atoms with E-state index in [0.29, 0.717) is 5.56 Å². The van der Waals surface area contributed by atoms with Gasteiger partial charge in [0.05, 0.1) is 16.6 Å². The van der Waals surface area contributed by atoms with Crippen molar-refractivity contribution >= 4 is 22.9 Å². The summed E-state index contributed by atoms with van der Waals surface area (Å²) in [6, 6.07) is 11.7. The zero-order chi connectivity index (χ0) is 31.0. The fraction of sp³-hybridized carbons (Fsp3) is 0.276. The number of aromatic nitrogens is 1. The molecule has 0 aliphatic rings. The number of carbonyl (C=O) groups excluding carboxylic acids is 2. The summed E-state index contributed by atoms with van der Waals surface area (Å²) in [6.45, 7) is 1.58. The number of hydrogen-bond donors (Lipinski definition) is 2. The molecule has 13 heteroatoms. The summed E-state index contributed by atoms with van der Waals surface area (Å²) < 4.78 is 99.0. The Labute approximate surface area is 234 Å². The molecule has 2 amide bonds. The highest BCUT2D eigenvalue weighted by molar-refractivity contribution is 6.11. The molecule has 0 fully saturated rings. The molecular weight excluding hydrogens is 571 g/mol. The summed E-state index contributed by atoms with van der Waals surface area (Å²) in [4.78, 5) is 30.0. The van der Waals surface area contributed by atoms with Gasteiger partial charge in [0.15, 0.2) is 0 Å². The average Bonchev–Trinajstić information content (AvgIpc) is 3.28. The number of pyridine rings is 1. The molecule has 2 aromatic carbocycles. The van der Waals surface area contributed by atoms with Crippen LogP contribution in [0.5, 0.6) is 0 Å². The first kappa shape index (κ1) is 30.5. The number of hydrogen-bond acceptors (Lipinski definition) is 4. The van der Waals surface area contributed by atoms with Crippen molar-refractivity contribution in [2.45, 2.75) is 44.6 Å². The van der Waals surface area contributed by atoms with Gasteiger partial charge in [-0.2, -0.15) is 26.3 Å². The van der Waals surface area contributed by atoms with Crippen LogP contribution >= 0.6 is 0 Å². The van der Waals surface area contributed by atoms with Crippen molar-refractivity contribution < 1.29 is 44.7 Å². The van der Waals surface area contributed by atoms with Crippen LogP contribution in [0.2, 0.25) is 0 Å². The third-order valence-electron chi connectivity index (χ3n) is 6.54. The minimum Gasteiger partial charge on any atom is -0.437 e. The molecule has 0 radical (unpaired) electrons. The predicted octanol–water partition coefficient (Wildman–Crippen LogP) is 7.23. The van der Waals surface area contributed by atoms with Crippen molar-refractivity contribution in [1.29, 1.82) is 0 Å². The first-order chi connectivity index (χ1) is 19.5. The van der Waals surface area contributed by atoms with Crippen molar-refractivity contribution in [3.8, 4) is 22.5 Å². The van der Waals surface area contributed by atoms with Gasteiger partial charge in [-0.1, -0.05) is 12.1 Å². The summed E-state index contributed by atoms with van der Waals surface area (Å²) in [6.07, 6.45) is -11.2. The van der Waals surface area contributed by atoms with Crippen LogP contribution in [0.3, 0.4) is 0 Å². The fourth-order valence-electron chi connectivity index (χ4n) is 4.17. The Bertz CT molecular complexity index is 1640. The molecule has 0 atom stereocenters. The first-order valence-corrected chi connectivity index (χ1v) is 12.5. The van der Waals surface area contributed by atoms with Crippen LogP contribution in [-0.4, -0.2) is 41.7 Å². The largest absolute Gasteiger partial charge is 0.437 e. The number of nitrogens with zero attached hydrogens (tertiary/aromatic N) is 1. The van der Waals surface area contributed by atoms with Crippen LogP contribution < -0.4 is 10.6 Å². The summed E-state index contributed by atoms with van der Waals surface area (Å²) in [5.74, 6) is -2.23. The van der Waals surface area contributed by atoms with Crippen molar-refractivity contribution in [1.82, 2.24) is 15.6 Å². The molecule has 0 unspecified atom stereocenters. The van der Waals surface area contributed by atoms with E-state index in [1.807, 2.05) is 5.32 Å². The van der Waals surface area contributed by atoms with E-state index in [1.54, 1.807) is 0 Å². The van der Waals surface area contributed by atoms with Crippen LogP contribution in [-0.2, 0) is 6.42 Å². The minimum absolute atomic E-state index is 0.00159. The maximum absolute atomic E-state index is 13.5. The third-order valence-corrected chi connectivity index (χ3v) is 6.54. The Morgan fingerprint density at radius 2 is 1.57 bits per heavy atom. The number of aryl methyl sites for hydroxylation is 1. The van der Waals surface area contributed by atoms with Gasteiger partial charge >= 0.3 is 12.4 Å². The van der Waals surface area contributed by atoms with E-state index < -0.39 is 48.4 Å². The molecule has 4 rings (SSSR count). The van der Waals surface area contributed by atoms with E-state index in [0.717, 1.165) is 26.0 Å². The van der Waals surface area contributed by atoms with Crippen LogP contribution in [0.25, 0.3) is 33.6 Å². The van der Waals surface area contributed by atoms with Gasteiger partial charge in [0.2, 0.25) is 5.71 Å². The third kappa shape index (κ3) is 6.39. The number of alkyl halides is 6. The van der Waals surface area contributed by atoms with Gasteiger partial charge in [0.25, 0.3) is 11.8 Å². The maximum atomic E-state index is 13.5. The lowest BCUT2D eigenvalue weighted by Gasteiger charge is -2.28. The van der Waals surface area contributed by atoms with Gasteiger partial charge in [0, 0.05) is 30.2 Å². The van der Waals surface area contributed by atoms with Crippen molar-refractivity contribution in [3.63, 3.8) is 0 Å². The van der Waals surface area contributed by atoms with Gasteiger partial charge in [0.1, 0.15) is 17.1 Å². The zero-order valence-electron chi connectivity index (χ0n) is 22.4. The SMILES string of the molecule is CNC(=O)c1c(-c2ccc(F)cc2)oc2nc(CCC(F)(F)F)c(-c3cccc(C(=O)NC(C)(C)C(F)(F)F)c3)cc12. The van der Waals surface area contributed by atoms with E-state index in [1.165, 1.54) is 49.5 Å². The van der Waals surface area contributed by atoms with Gasteiger partial charge in [-0.05, 0) is 68.3 Å². The minimum atomic E-state index is -4.75. The van der Waals surface area contributed by atoms with Crippen molar-refractivity contribution in [2.24, 2.45) is 0 Å². The molecule has 42 heavy (non-hydrogen) atoms. The predicted molar refractivity (Wildman–Crippen MR) is 140 cm³/mol. The van der Waals surface area contributed by atoms with E-state index in [4.69, 9.17) is 4.42 Å². The highest BCUT2D eigenvalue weighted by atomic mass is 19.4. The molecular formula is C29H24F7N3O3.